The molecule has 0 radical (unpaired) electrons. The fourth-order valence-corrected chi connectivity index (χ4v) is 2.84. The third kappa shape index (κ3) is 4.54. The van der Waals surface area contributed by atoms with Crippen LogP contribution in [0.5, 0.6) is 0 Å². The molecular weight excluding hydrogens is 255 g/mol. The average Bonchev–Trinajstić information content (AvgIpc) is 2.46. The first-order chi connectivity index (χ1) is 9.69. The summed E-state index contributed by atoms with van der Waals surface area (Å²) in [6.07, 6.45) is 3.27. The second-order valence-electron chi connectivity index (χ2n) is 5.69. The van der Waals surface area contributed by atoms with Crippen molar-refractivity contribution in [3.63, 3.8) is 0 Å². The summed E-state index contributed by atoms with van der Waals surface area (Å²) in [7, 11) is 1.77. The standard InChI is InChI=1S/C16H25FN2O/c1-20-12-13-5-8-19(9-6-13)10-7-16(18)14-3-2-4-15(17)11-14/h2-4,11,13,16H,5-10,12,18H2,1H3. The topological polar surface area (TPSA) is 38.5 Å². The van der Waals surface area contributed by atoms with Gasteiger partial charge in [0.15, 0.2) is 0 Å². The summed E-state index contributed by atoms with van der Waals surface area (Å²) in [4.78, 5) is 2.45. The van der Waals surface area contributed by atoms with E-state index in [0.717, 1.165) is 38.2 Å². The molecule has 1 aliphatic heterocycles. The van der Waals surface area contributed by atoms with Crippen LogP contribution in [0.1, 0.15) is 30.9 Å². The predicted molar refractivity (Wildman–Crippen MR) is 79.0 cm³/mol. The van der Waals surface area contributed by atoms with Crippen molar-refractivity contribution in [2.45, 2.75) is 25.3 Å². The summed E-state index contributed by atoms with van der Waals surface area (Å²) >= 11 is 0. The van der Waals surface area contributed by atoms with E-state index < -0.39 is 0 Å². The van der Waals surface area contributed by atoms with Gasteiger partial charge in [0.25, 0.3) is 0 Å². The molecule has 1 heterocycles. The van der Waals surface area contributed by atoms with E-state index in [9.17, 15) is 4.39 Å². The summed E-state index contributed by atoms with van der Waals surface area (Å²) in [6, 6.07) is 6.54. The lowest BCUT2D eigenvalue weighted by Gasteiger charge is -2.32. The van der Waals surface area contributed by atoms with Crippen molar-refractivity contribution in [3.05, 3.63) is 35.6 Å². The Morgan fingerprint density at radius 3 is 2.80 bits per heavy atom. The lowest BCUT2D eigenvalue weighted by Crippen LogP contribution is -2.36. The molecule has 0 spiro atoms. The minimum atomic E-state index is -0.210. The highest BCUT2D eigenvalue weighted by molar-refractivity contribution is 5.19. The Bertz CT molecular complexity index is 405. The summed E-state index contributed by atoms with van der Waals surface area (Å²) in [5.41, 5.74) is 7.03. The van der Waals surface area contributed by atoms with E-state index in [2.05, 4.69) is 4.90 Å². The molecule has 1 aromatic rings. The van der Waals surface area contributed by atoms with E-state index in [-0.39, 0.29) is 11.9 Å². The van der Waals surface area contributed by atoms with E-state index in [1.807, 2.05) is 6.07 Å². The highest BCUT2D eigenvalue weighted by Crippen LogP contribution is 2.20. The molecule has 0 saturated carbocycles. The third-order valence-corrected chi connectivity index (χ3v) is 4.14. The van der Waals surface area contributed by atoms with E-state index in [1.165, 1.54) is 25.0 Å². The molecule has 1 aliphatic rings. The number of likely N-dealkylation sites (tertiary alicyclic amines) is 1. The van der Waals surface area contributed by atoms with Gasteiger partial charge in [-0.05, 0) is 62.5 Å². The fraction of sp³-hybridized carbons (Fsp3) is 0.625. The van der Waals surface area contributed by atoms with E-state index in [4.69, 9.17) is 10.5 Å². The monoisotopic (exact) mass is 280 g/mol. The molecule has 0 amide bonds. The zero-order valence-electron chi connectivity index (χ0n) is 12.2. The first-order valence-corrected chi connectivity index (χ1v) is 7.41. The molecule has 1 saturated heterocycles. The Morgan fingerprint density at radius 1 is 1.40 bits per heavy atom. The minimum Gasteiger partial charge on any atom is -0.384 e. The lowest BCUT2D eigenvalue weighted by molar-refractivity contribution is 0.0983. The first-order valence-electron chi connectivity index (χ1n) is 7.41. The van der Waals surface area contributed by atoms with Gasteiger partial charge in [-0.3, -0.25) is 0 Å². The number of methoxy groups -OCH3 is 1. The minimum absolute atomic E-state index is 0.0811. The maximum atomic E-state index is 13.2. The Morgan fingerprint density at radius 2 is 2.15 bits per heavy atom. The summed E-state index contributed by atoms with van der Waals surface area (Å²) in [5.74, 6) is 0.492. The quantitative estimate of drug-likeness (QED) is 0.870. The van der Waals surface area contributed by atoms with Crippen LogP contribution in [0.4, 0.5) is 4.39 Å². The van der Waals surface area contributed by atoms with Crippen molar-refractivity contribution in [2.75, 3.05) is 33.4 Å². The fourth-order valence-electron chi connectivity index (χ4n) is 2.84. The van der Waals surface area contributed by atoms with Crippen molar-refractivity contribution < 1.29 is 9.13 Å². The molecule has 2 rings (SSSR count). The molecule has 1 atom stereocenters. The van der Waals surface area contributed by atoms with E-state index in [0.29, 0.717) is 5.92 Å². The van der Waals surface area contributed by atoms with E-state index in [1.54, 1.807) is 13.2 Å². The van der Waals surface area contributed by atoms with Crippen LogP contribution in [0, 0.1) is 11.7 Å². The Kier molecular flexibility index (Phi) is 5.95. The van der Waals surface area contributed by atoms with Gasteiger partial charge in [0, 0.05) is 19.8 Å². The number of piperidine rings is 1. The number of rotatable bonds is 6. The SMILES string of the molecule is COCC1CCN(CCC(N)c2cccc(F)c2)CC1. The van der Waals surface area contributed by atoms with Crippen LogP contribution in [0.15, 0.2) is 24.3 Å². The van der Waals surface area contributed by atoms with Crippen LogP contribution in [-0.4, -0.2) is 38.3 Å². The lowest BCUT2D eigenvalue weighted by atomic mass is 9.97. The molecule has 1 aromatic carbocycles. The average molecular weight is 280 g/mol. The smallest absolute Gasteiger partial charge is 0.123 e. The van der Waals surface area contributed by atoms with Gasteiger partial charge in [-0.2, -0.15) is 0 Å². The van der Waals surface area contributed by atoms with Crippen LogP contribution in [0.25, 0.3) is 0 Å². The molecular formula is C16H25FN2O. The second kappa shape index (κ2) is 7.72. The number of nitrogens with two attached hydrogens (primary N) is 1. The van der Waals surface area contributed by atoms with Crippen molar-refractivity contribution in [3.8, 4) is 0 Å². The van der Waals surface area contributed by atoms with Gasteiger partial charge in [-0.1, -0.05) is 12.1 Å². The summed E-state index contributed by atoms with van der Waals surface area (Å²) in [6.45, 7) is 4.09. The van der Waals surface area contributed by atoms with Gasteiger partial charge >= 0.3 is 0 Å². The molecule has 4 heteroatoms. The normalized spacial score (nSPS) is 19.1. The van der Waals surface area contributed by atoms with Crippen LogP contribution in [0.2, 0.25) is 0 Å². The third-order valence-electron chi connectivity index (χ3n) is 4.14. The first kappa shape index (κ1) is 15.4. The second-order valence-corrected chi connectivity index (χ2v) is 5.69. The number of hydrogen-bond donors (Lipinski definition) is 1. The molecule has 3 nitrogen and oxygen atoms in total. The Hall–Kier alpha value is -0.970. The molecule has 112 valence electrons. The number of benzene rings is 1. The van der Waals surface area contributed by atoms with Crippen LogP contribution < -0.4 is 5.73 Å². The molecule has 1 fully saturated rings. The van der Waals surface area contributed by atoms with Crippen molar-refractivity contribution in [2.24, 2.45) is 11.7 Å². The van der Waals surface area contributed by atoms with Crippen molar-refractivity contribution >= 4 is 0 Å². The van der Waals surface area contributed by atoms with Gasteiger partial charge < -0.3 is 15.4 Å². The van der Waals surface area contributed by atoms with Gasteiger partial charge in [0.1, 0.15) is 5.82 Å². The maximum Gasteiger partial charge on any atom is 0.123 e. The Labute approximate surface area is 120 Å². The number of ether oxygens (including phenoxy) is 1. The number of nitrogens with zero attached hydrogens (tertiary/aromatic N) is 1. The molecule has 0 aromatic heterocycles. The van der Waals surface area contributed by atoms with Crippen LogP contribution >= 0.6 is 0 Å². The summed E-state index contributed by atoms with van der Waals surface area (Å²) in [5, 5.41) is 0. The van der Waals surface area contributed by atoms with E-state index >= 15 is 0 Å². The molecule has 0 bridgehead atoms. The zero-order chi connectivity index (χ0) is 14.4. The van der Waals surface area contributed by atoms with Crippen LogP contribution in [0.3, 0.4) is 0 Å². The number of hydrogen-bond acceptors (Lipinski definition) is 3. The van der Waals surface area contributed by atoms with Gasteiger partial charge in [0.05, 0.1) is 0 Å². The predicted octanol–water partition coefficient (Wildman–Crippen LogP) is 2.57. The molecule has 1 unspecified atom stereocenters. The van der Waals surface area contributed by atoms with Gasteiger partial charge in [0.2, 0.25) is 0 Å². The van der Waals surface area contributed by atoms with Gasteiger partial charge in [-0.25, -0.2) is 4.39 Å². The van der Waals surface area contributed by atoms with Crippen LogP contribution in [-0.2, 0) is 4.74 Å². The van der Waals surface area contributed by atoms with Crippen molar-refractivity contribution in [1.29, 1.82) is 0 Å². The number of halogens is 1. The highest BCUT2D eigenvalue weighted by Gasteiger charge is 2.19. The molecule has 2 N–H and O–H groups in total. The molecule has 0 aliphatic carbocycles. The Balaban J connectivity index is 1.73. The largest absolute Gasteiger partial charge is 0.384 e. The zero-order valence-corrected chi connectivity index (χ0v) is 12.2. The summed E-state index contributed by atoms with van der Waals surface area (Å²) < 4.78 is 18.4. The van der Waals surface area contributed by atoms with Gasteiger partial charge in [-0.15, -0.1) is 0 Å². The molecule has 20 heavy (non-hydrogen) atoms. The van der Waals surface area contributed by atoms with Crippen molar-refractivity contribution in [1.82, 2.24) is 4.90 Å². The highest BCUT2D eigenvalue weighted by atomic mass is 19.1. The maximum absolute atomic E-state index is 13.2.